The van der Waals surface area contributed by atoms with Crippen molar-refractivity contribution in [2.75, 3.05) is 11.1 Å². The minimum Gasteiger partial charge on any atom is -0.317 e. The topological polar surface area (TPSA) is 52.9 Å². The van der Waals surface area contributed by atoms with Crippen LogP contribution in [0.2, 0.25) is 0 Å². The Balaban J connectivity index is 1.82. The second-order valence-electron chi connectivity index (χ2n) is 3.85. The van der Waals surface area contributed by atoms with Crippen molar-refractivity contribution in [2.45, 2.75) is 11.3 Å². The number of thiophene rings is 1. The van der Waals surface area contributed by atoms with Gasteiger partial charge in [-0.25, -0.2) is 4.39 Å². The van der Waals surface area contributed by atoms with Crippen molar-refractivity contribution in [2.24, 2.45) is 0 Å². The molecule has 0 unspecified atom stereocenters. The third kappa shape index (κ3) is 3.83. The fourth-order valence-corrected chi connectivity index (χ4v) is 3.14. The van der Waals surface area contributed by atoms with Crippen LogP contribution in [0.4, 0.5) is 9.39 Å². The molecule has 6 heteroatoms. The van der Waals surface area contributed by atoms with Crippen molar-refractivity contribution in [1.82, 2.24) is 0 Å². The summed E-state index contributed by atoms with van der Waals surface area (Å²) in [6.07, 6.45) is 0.266. The van der Waals surface area contributed by atoms with Crippen LogP contribution in [-0.4, -0.2) is 11.7 Å². The molecular formula is C14H11FN2OS2. The SMILES string of the molecule is N#Cc1ccsc1NC(=O)CCSc1ccccc1F. The standard InChI is InChI=1S/C14H11FN2OS2/c15-11-3-1-2-4-12(11)19-8-6-13(18)17-14-10(9-16)5-7-20-14/h1-5,7H,6,8H2,(H,17,18). The number of thioether (sulfide) groups is 1. The average Bonchev–Trinajstić information content (AvgIpc) is 2.88. The maximum Gasteiger partial charge on any atom is 0.225 e. The lowest BCUT2D eigenvalue weighted by molar-refractivity contribution is -0.115. The molecule has 0 aliphatic carbocycles. The highest BCUT2D eigenvalue weighted by atomic mass is 32.2. The predicted molar refractivity (Wildman–Crippen MR) is 79.4 cm³/mol. The molecule has 0 saturated carbocycles. The summed E-state index contributed by atoms with van der Waals surface area (Å²) in [6, 6.07) is 10.1. The Morgan fingerprint density at radius 1 is 1.40 bits per heavy atom. The van der Waals surface area contributed by atoms with Gasteiger partial charge in [-0.3, -0.25) is 4.79 Å². The highest BCUT2D eigenvalue weighted by molar-refractivity contribution is 7.99. The second kappa shape index (κ2) is 7.08. The number of halogens is 1. The van der Waals surface area contributed by atoms with Gasteiger partial charge >= 0.3 is 0 Å². The van der Waals surface area contributed by atoms with Crippen LogP contribution in [0.25, 0.3) is 0 Å². The molecule has 20 heavy (non-hydrogen) atoms. The van der Waals surface area contributed by atoms with E-state index in [0.29, 0.717) is 21.2 Å². The summed E-state index contributed by atoms with van der Waals surface area (Å²) in [6.45, 7) is 0. The van der Waals surface area contributed by atoms with Crippen LogP contribution >= 0.6 is 23.1 Å². The fraction of sp³-hybridized carbons (Fsp3) is 0.143. The smallest absolute Gasteiger partial charge is 0.225 e. The van der Waals surface area contributed by atoms with Crippen molar-refractivity contribution >= 4 is 34.0 Å². The Labute approximate surface area is 124 Å². The van der Waals surface area contributed by atoms with E-state index in [2.05, 4.69) is 5.32 Å². The highest BCUT2D eigenvalue weighted by Crippen LogP contribution is 2.24. The van der Waals surface area contributed by atoms with E-state index < -0.39 is 0 Å². The summed E-state index contributed by atoms with van der Waals surface area (Å²) in [5, 5.41) is 13.8. The Kier molecular flexibility index (Phi) is 5.16. The van der Waals surface area contributed by atoms with E-state index in [9.17, 15) is 9.18 Å². The first-order valence-electron chi connectivity index (χ1n) is 5.85. The Morgan fingerprint density at radius 3 is 2.95 bits per heavy atom. The molecule has 1 aromatic heterocycles. The largest absolute Gasteiger partial charge is 0.317 e. The van der Waals surface area contributed by atoms with Crippen molar-refractivity contribution < 1.29 is 9.18 Å². The number of carbonyl (C=O) groups excluding carboxylic acids is 1. The average molecular weight is 306 g/mol. The molecule has 0 bridgehead atoms. The number of hydrogen-bond donors (Lipinski definition) is 1. The quantitative estimate of drug-likeness (QED) is 0.853. The maximum atomic E-state index is 13.4. The summed E-state index contributed by atoms with van der Waals surface area (Å²) in [5.41, 5.74) is 0.463. The van der Waals surface area contributed by atoms with E-state index in [1.165, 1.54) is 29.2 Å². The number of nitrogens with zero attached hydrogens (tertiary/aromatic N) is 1. The number of nitrogens with one attached hydrogen (secondary N) is 1. The normalized spacial score (nSPS) is 10.0. The molecule has 0 atom stereocenters. The van der Waals surface area contributed by atoms with Crippen molar-refractivity contribution in [3.05, 3.63) is 47.1 Å². The first-order valence-corrected chi connectivity index (χ1v) is 7.72. The van der Waals surface area contributed by atoms with Gasteiger partial charge in [0.05, 0.1) is 5.56 Å². The molecule has 0 fully saturated rings. The van der Waals surface area contributed by atoms with Crippen LogP contribution in [0.5, 0.6) is 0 Å². The number of amides is 1. The summed E-state index contributed by atoms with van der Waals surface area (Å²) in [4.78, 5) is 12.3. The van der Waals surface area contributed by atoms with E-state index in [4.69, 9.17) is 5.26 Å². The van der Waals surface area contributed by atoms with Crippen LogP contribution in [-0.2, 0) is 4.79 Å². The van der Waals surface area contributed by atoms with Crippen molar-refractivity contribution in [3.8, 4) is 6.07 Å². The van der Waals surface area contributed by atoms with Gasteiger partial charge in [0.2, 0.25) is 5.91 Å². The zero-order valence-corrected chi connectivity index (χ0v) is 12.1. The maximum absolute atomic E-state index is 13.4. The van der Waals surface area contributed by atoms with Gasteiger partial charge in [-0.15, -0.1) is 23.1 Å². The second-order valence-corrected chi connectivity index (χ2v) is 5.91. The molecule has 0 aliphatic heterocycles. The Hall–Kier alpha value is -1.84. The van der Waals surface area contributed by atoms with Crippen LogP contribution in [0.1, 0.15) is 12.0 Å². The fourth-order valence-electron chi connectivity index (χ4n) is 1.50. The summed E-state index contributed by atoms with van der Waals surface area (Å²) < 4.78 is 13.4. The first-order chi connectivity index (χ1) is 9.70. The molecular weight excluding hydrogens is 295 g/mol. The van der Waals surface area contributed by atoms with Gasteiger partial charge in [-0.2, -0.15) is 5.26 Å². The minimum absolute atomic E-state index is 0.173. The van der Waals surface area contributed by atoms with Crippen LogP contribution in [0, 0.1) is 17.1 Å². The lowest BCUT2D eigenvalue weighted by atomic mass is 10.3. The van der Waals surface area contributed by atoms with Gasteiger partial charge in [0.25, 0.3) is 0 Å². The third-order valence-electron chi connectivity index (χ3n) is 2.46. The molecule has 1 aromatic carbocycles. The van der Waals surface area contributed by atoms with Gasteiger partial charge < -0.3 is 5.32 Å². The number of rotatable bonds is 5. The highest BCUT2D eigenvalue weighted by Gasteiger charge is 2.09. The van der Waals surface area contributed by atoms with Gasteiger partial charge in [0.15, 0.2) is 0 Å². The van der Waals surface area contributed by atoms with Gasteiger partial charge in [0.1, 0.15) is 16.9 Å². The molecule has 2 aromatic rings. The van der Waals surface area contributed by atoms with Gasteiger partial charge in [-0.05, 0) is 23.6 Å². The molecule has 102 valence electrons. The van der Waals surface area contributed by atoms with Crippen LogP contribution in [0.3, 0.4) is 0 Å². The van der Waals surface area contributed by atoms with Crippen LogP contribution in [0.15, 0.2) is 40.6 Å². The van der Waals surface area contributed by atoms with E-state index in [1.807, 2.05) is 6.07 Å². The molecule has 0 saturated heterocycles. The lowest BCUT2D eigenvalue weighted by Gasteiger charge is -2.04. The summed E-state index contributed by atoms with van der Waals surface area (Å²) in [7, 11) is 0. The van der Waals surface area contributed by atoms with Crippen molar-refractivity contribution in [3.63, 3.8) is 0 Å². The van der Waals surface area contributed by atoms with E-state index in [1.54, 1.807) is 29.6 Å². The molecule has 0 aliphatic rings. The number of carbonyl (C=O) groups is 1. The molecule has 3 nitrogen and oxygen atoms in total. The number of nitriles is 1. The first kappa shape index (κ1) is 14.6. The Morgan fingerprint density at radius 2 is 2.20 bits per heavy atom. The number of benzene rings is 1. The minimum atomic E-state index is -0.275. The van der Waals surface area contributed by atoms with Crippen molar-refractivity contribution in [1.29, 1.82) is 5.26 Å². The predicted octanol–water partition coefficient (Wildman–Crippen LogP) is 3.88. The third-order valence-corrected chi connectivity index (χ3v) is 4.34. The van der Waals surface area contributed by atoms with E-state index in [0.717, 1.165) is 0 Å². The van der Waals surface area contributed by atoms with Gasteiger partial charge in [0, 0.05) is 17.1 Å². The van der Waals surface area contributed by atoms with E-state index >= 15 is 0 Å². The molecule has 1 amide bonds. The Bertz CT molecular complexity index is 649. The molecule has 1 heterocycles. The summed E-state index contributed by atoms with van der Waals surface area (Å²) in [5.74, 6) is 0.0377. The van der Waals surface area contributed by atoms with E-state index in [-0.39, 0.29) is 18.1 Å². The molecule has 1 N–H and O–H groups in total. The molecule has 2 rings (SSSR count). The summed E-state index contributed by atoms with van der Waals surface area (Å²) >= 11 is 2.61. The molecule has 0 radical (unpaired) electrons. The zero-order chi connectivity index (χ0) is 14.4. The number of hydrogen-bond acceptors (Lipinski definition) is 4. The van der Waals surface area contributed by atoms with Gasteiger partial charge in [-0.1, -0.05) is 12.1 Å². The lowest BCUT2D eigenvalue weighted by Crippen LogP contribution is -2.11. The van der Waals surface area contributed by atoms with Crippen LogP contribution < -0.4 is 5.32 Å². The monoisotopic (exact) mass is 306 g/mol. The number of anilines is 1. The zero-order valence-electron chi connectivity index (χ0n) is 10.4. The molecule has 0 spiro atoms.